The van der Waals surface area contributed by atoms with E-state index in [-0.39, 0.29) is 5.91 Å². The third-order valence-corrected chi connectivity index (χ3v) is 5.46. The first-order valence-corrected chi connectivity index (χ1v) is 9.62. The van der Waals surface area contributed by atoms with Gasteiger partial charge in [0.1, 0.15) is 12.1 Å². The molecule has 1 aliphatic heterocycles. The summed E-state index contributed by atoms with van der Waals surface area (Å²) in [6, 6.07) is 8.26. The minimum Gasteiger partial charge on any atom is -0.497 e. The smallest absolute Gasteiger partial charge is 0.233 e. The van der Waals surface area contributed by atoms with E-state index in [1.807, 2.05) is 17.0 Å². The van der Waals surface area contributed by atoms with Crippen LogP contribution in [-0.2, 0) is 11.2 Å². The van der Waals surface area contributed by atoms with Crippen molar-refractivity contribution < 1.29 is 9.53 Å². The Hall–Kier alpha value is -2.02. The minimum atomic E-state index is 0.190. The van der Waals surface area contributed by atoms with Gasteiger partial charge in [0.05, 0.1) is 12.9 Å². The van der Waals surface area contributed by atoms with Crippen LogP contribution in [0.5, 0.6) is 5.75 Å². The number of aromatic amines is 1. The zero-order valence-corrected chi connectivity index (χ0v) is 15.3. The van der Waals surface area contributed by atoms with Crippen molar-refractivity contribution >= 4 is 17.7 Å². The number of likely N-dealkylation sites (tertiary alicyclic amines) is 1. The lowest BCUT2D eigenvalue weighted by molar-refractivity contribution is -0.130. The number of methoxy groups -OCH3 is 1. The number of aryl methyl sites for hydroxylation is 1. The molecule has 1 atom stereocenters. The molecule has 3 rings (SSSR count). The van der Waals surface area contributed by atoms with Crippen LogP contribution in [0.25, 0.3) is 0 Å². The van der Waals surface area contributed by atoms with Gasteiger partial charge >= 0.3 is 0 Å². The van der Waals surface area contributed by atoms with E-state index in [2.05, 4.69) is 27.3 Å². The van der Waals surface area contributed by atoms with E-state index >= 15 is 0 Å². The quantitative estimate of drug-likeness (QED) is 0.769. The van der Waals surface area contributed by atoms with Gasteiger partial charge in [-0.1, -0.05) is 23.9 Å². The molecule has 0 radical (unpaired) electrons. The normalized spacial score (nSPS) is 17.5. The third-order valence-electron chi connectivity index (χ3n) is 4.60. The van der Waals surface area contributed by atoms with Gasteiger partial charge in [0, 0.05) is 13.1 Å². The highest BCUT2D eigenvalue weighted by Crippen LogP contribution is 2.23. The van der Waals surface area contributed by atoms with Crippen LogP contribution in [0.1, 0.15) is 24.8 Å². The van der Waals surface area contributed by atoms with Gasteiger partial charge in [0.2, 0.25) is 5.91 Å². The lowest BCUT2D eigenvalue weighted by atomic mass is 9.91. The second kappa shape index (κ2) is 8.89. The minimum absolute atomic E-state index is 0.190. The summed E-state index contributed by atoms with van der Waals surface area (Å²) < 4.78 is 5.20. The largest absolute Gasteiger partial charge is 0.497 e. The summed E-state index contributed by atoms with van der Waals surface area (Å²) >= 11 is 1.41. The van der Waals surface area contributed by atoms with Crippen LogP contribution < -0.4 is 4.74 Å². The van der Waals surface area contributed by atoms with E-state index in [0.29, 0.717) is 16.8 Å². The Morgan fingerprint density at radius 3 is 2.96 bits per heavy atom. The molecule has 25 heavy (non-hydrogen) atoms. The molecule has 1 N–H and O–H groups in total. The summed E-state index contributed by atoms with van der Waals surface area (Å²) in [6.07, 6.45) is 5.92. The molecule has 1 unspecified atom stereocenters. The van der Waals surface area contributed by atoms with Gasteiger partial charge in [0.15, 0.2) is 5.16 Å². The van der Waals surface area contributed by atoms with Gasteiger partial charge in [-0.15, -0.1) is 0 Å². The average Bonchev–Trinajstić information content (AvgIpc) is 3.19. The number of hydrogen-bond donors (Lipinski definition) is 1. The molecule has 1 saturated heterocycles. The maximum Gasteiger partial charge on any atom is 0.233 e. The fraction of sp³-hybridized carbons (Fsp3) is 0.500. The first-order valence-electron chi connectivity index (χ1n) is 8.63. The summed E-state index contributed by atoms with van der Waals surface area (Å²) in [5.41, 5.74) is 1.32. The predicted octanol–water partition coefficient (Wildman–Crippen LogP) is 2.78. The molecule has 1 amide bonds. The van der Waals surface area contributed by atoms with Crippen LogP contribution in [0, 0.1) is 5.92 Å². The number of carbonyl (C=O) groups excluding carboxylic acids is 1. The molecule has 7 heteroatoms. The monoisotopic (exact) mass is 360 g/mol. The van der Waals surface area contributed by atoms with Crippen LogP contribution >= 0.6 is 11.8 Å². The maximum atomic E-state index is 12.4. The Morgan fingerprint density at radius 2 is 2.24 bits per heavy atom. The first kappa shape index (κ1) is 17.8. The van der Waals surface area contributed by atoms with Gasteiger partial charge in [-0.25, -0.2) is 4.98 Å². The number of aromatic nitrogens is 3. The van der Waals surface area contributed by atoms with E-state index in [4.69, 9.17) is 4.74 Å². The van der Waals surface area contributed by atoms with Crippen molar-refractivity contribution in [2.75, 3.05) is 26.0 Å². The molecule has 2 heterocycles. The predicted molar refractivity (Wildman–Crippen MR) is 97.7 cm³/mol. The van der Waals surface area contributed by atoms with E-state index < -0.39 is 0 Å². The highest BCUT2D eigenvalue weighted by Gasteiger charge is 2.23. The number of piperidine rings is 1. The number of carbonyl (C=O) groups is 1. The SMILES string of the molecule is COc1ccc(CCC2CCCN(C(=O)CSc3ncn[nH]3)C2)cc1. The molecule has 0 bridgehead atoms. The number of H-pyrrole nitrogens is 1. The van der Waals surface area contributed by atoms with Crippen LogP contribution in [0.4, 0.5) is 0 Å². The number of benzene rings is 1. The Morgan fingerprint density at radius 1 is 1.40 bits per heavy atom. The zero-order chi connectivity index (χ0) is 17.5. The number of thioether (sulfide) groups is 1. The second-order valence-corrected chi connectivity index (χ2v) is 7.28. The number of amides is 1. The van der Waals surface area contributed by atoms with Gasteiger partial charge in [-0.2, -0.15) is 5.10 Å². The van der Waals surface area contributed by atoms with E-state index in [1.165, 1.54) is 30.1 Å². The molecule has 2 aromatic rings. The Bertz CT molecular complexity index is 660. The number of ether oxygens (including phenoxy) is 1. The summed E-state index contributed by atoms with van der Waals surface area (Å²) in [4.78, 5) is 18.5. The third kappa shape index (κ3) is 5.22. The molecule has 1 aromatic heterocycles. The Labute approximate surface area is 152 Å². The first-order chi connectivity index (χ1) is 12.2. The molecule has 134 valence electrons. The van der Waals surface area contributed by atoms with Crippen molar-refractivity contribution in [1.82, 2.24) is 20.1 Å². The summed E-state index contributed by atoms with van der Waals surface area (Å²) in [6.45, 7) is 1.74. The fourth-order valence-corrected chi connectivity index (χ4v) is 3.86. The van der Waals surface area contributed by atoms with Crippen molar-refractivity contribution in [2.45, 2.75) is 30.8 Å². The van der Waals surface area contributed by atoms with Crippen molar-refractivity contribution in [1.29, 1.82) is 0 Å². The molecule has 0 saturated carbocycles. The number of nitrogens with one attached hydrogen (secondary N) is 1. The van der Waals surface area contributed by atoms with E-state index in [1.54, 1.807) is 7.11 Å². The highest BCUT2D eigenvalue weighted by atomic mass is 32.2. The average molecular weight is 360 g/mol. The number of hydrogen-bond acceptors (Lipinski definition) is 5. The Balaban J connectivity index is 1.44. The molecule has 1 fully saturated rings. The fourth-order valence-electron chi connectivity index (χ4n) is 3.18. The zero-order valence-electron chi connectivity index (χ0n) is 14.5. The Kier molecular flexibility index (Phi) is 6.33. The standard InChI is InChI=1S/C18H24N4O2S/c1-24-16-8-6-14(7-9-16)4-5-15-3-2-10-22(11-15)17(23)12-25-18-19-13-20-21-18/h6-9,13,15H,2-5,10-12H2,1H3,(H,19,20,21). The summed E-state index contributed by atoms with van der Waals surface area (Å²) in [5.74, 6) is 2.08. The molecular formula is C18H24N4O2S. The summed E-state index contributed by atoms with van der Waals surface area (Å²) in [7, 11) is 1.68. The number of nitrogens with zero attached hydrogens (tertiary/aromatic N) is 3. The van der Waals surface area contributed by atoms with Crippen molar-refractivity contribution in [3.05, 3.63) is 36.2 Å². The molecule has 0 aliphatic carbocycles. The summed E-state index contributed by atoms with van der Waals surface area (Å²) in [5, 5.41) is 7.27. The molecule has 1 aromatic carbocycles. The van der Waals surface area contributed by atoms with Crippen LogP contribution in [0.3, 0.4) is 0 Å². The van der Waals surface area contributed by atoms with Crippen LogP contribution in [-0.4, -0.2) is 51.9 Å². The molecule has 0 spiro atoms. The topological polar surface area (TPSA) is 71.1 Å². The van der Waals surface area contributed by atoms with Crippen molar-refractivity contribution in [2.24, 2.45) is 5.92 Å². The lowest BCUT2D eigenvalue weighted by Crippen LogP contribution is -2.41. The van der Waals surface area contributed by atoms with E-state index in [0.717, 1.165) is 38.1 Å². The molecule has 1 aliphatic rings. The van der Waals surface area contributed by atoms with Crippen LogP contribution in [0.15, 0.2) is 35.7 Å². The highest BCUT2D eigenvalue weighted by molar-refractivity contribution is 7.99. The van der Waals surface area contributed by atoms with Gasteiger partial charge in [-0.05, 0) is 49.3 Å². The molecule has 6 nitrogen and oxygen atoms in total. The maximum absolute atomic E-state index is 12.4. The second-order valence-electron chi connectivity index (χ2n) is 6.31. The van der Waals surface area contributed by atoms with E-state index in [9.17, 15) is 4.79 Å². The van der Waals surface area contributed by atoms with Crippen molar-refractivity contribution in [3.63, 3.8) is 0 Å². The van der Waals surface area contributed by atoms with Gasteiger partial charge in [0.25, 0.3) is 0 Å². The molecular weight excluding hydrogens is 336 g/mol. The number of rotatable bonds is 7. The van der Waals surface area contributed by atoms with Crippen molar-refractivity contribution in [3.8, 4) is 5.75 Å². The van der Waals surface area contributed by atoms with Gasteiger partial charge in [-0.3, -0.25) is 9.89 Å². The van der Waals surface area contributed by atoms with Crippen LogP contribution in [0.2, 0.25) is 0 Å². The van der Waals surface area contributed by atoms with Gasteiger partial charge < -0.3 is 9.64 Å². The lowest BCUT2D eigenvalue weighted by Gasteiger charge is -2.32.